The van der Waals surface area contributed by atoms with Crippen molar-refractivity contribution in [3.8, 4) is 0 Å². The molecule has 1 atom stereocenters. The van der Waals surface area contributed by atoms with Crippen molar-refractivity contribution < 1.29 is 9.59 Å². The molecule has 1 N–H and O–H groups in total. The molecule has 1 fully saturated rings. The number of para-hydroxylation sites is 1. The molecule has 5 heteroatoms. The summed E-state index contributed by atoms with van der Waals surface area (Å²) in [5.74, 6) is -0.951. The summed E-state index contributed by atoms with van der Waals surface area (Å²) in [5, 5.41) is 0.760. The van der Waals surface area contributed by atoms with Gasteiger partial charge in [-0.05, 0) is 24.0 Å². The maximum absolute atomic E-state index is 12.9. The van der Waals surface area contributed by atoms with Crippen LogP contribution in [0.5, 0.6) is 0 Å². The lowest BCUT2D eigenvalue weighted by atomic mass is 9.89. The number of amides is 1. The van der Waals surface area contributed by atoms with Crippen LogP contribution in [0.25, 0.3) is 21.4 Å². The Balaban J connectivity index is 1.55. The zero-order valence-corrected chi connectivity index (χ0v) is 16.2. The van der Waals surface area contributed by atoms with Gasteiger partial charge in [0.2, 0.25) is 0 Å². The first kappa shape index (κ1) is 18.7. The average Bonchev–Trinajstić information content (AvgIpc) is 3.19. The molecule has 2 aromatic carbocycles. The molecule has 144 valence electrons. The Morgan fingerprint density at radius 3 is 2.55 bits per heavy atom. The summed E-state index contributed by atoms with van der Waals surface area (Å²) in [5.41, 5.74) is 3.86. The molecule has 0 aliphatic carbocycles. The summed E-state index contributed by atoms with van der Waals surface area (Å²) in [7, 11) is 0. The Morgan fingerprint density at radius 1 is 1.10 bits per heavy atom. The highest BCUT2D eigenvalue weighted by atomic mass is 16.2. The monoisotopic (exact) mass is 383 g/mol. The van der Waals surface area contributed by atoms with E-state index in [0.717, 1.165) is 22.0 Å². The second-order valence-corrected chi connectivity index (χ2v) is 7.33. The van der Waals surface area contributed by atoms with Gasteiger partial charge in [-0.1, -0.05) is 61.0 Å². The van der Waals surface area contributed by atoms with Crippen molar-refractivity contribution in [3.05, 3.63) is 88.9 Å². The number of likely N-dealkylation sites (tertiary alicyclic amines) is 1. The first-order valence-electron chi connectivity index (χ1n) is 9.65. The summed E-state index contributed by atoms with van der Waals surface area (Å²) >= 11 is 0. The van der Waals surface area contributed by atoms with Gasteiger partial charge in [-0.25, -0.2) is 4.85 Å². The second kappa shape index (κ2) is 7.76. The number of Topliss-reactive ketones (excluding diaryl/α,β-unsaturated/α-hetero) is 1. The minimum absolute atomic E-state index is 0.0211. The molecule has 1 aromatic heterocycles. The number of fused-ring (bicyclic) bond motifs is 1. The van der Waals surface area contributed by atoms with Crippen LogP contribution in [-0.2, 0) is 4.79 Å². The van der Waals surface area contributed by atoms with Gasteiger partial charge in [-0.2, -0.15) is 0 Å². The molecule has 0 spiro atoms. The SMILES string of the molecule is [C-]#[N+]/C(=C1/CCN(C(=O)C(=O)c2c[nH]c3ccccc23)CC1C)c1ccccc1. The highest BCUT2D eigenvalue weighted by molar-refractivity contribution is 6.44. The van der Waals surface area contributed by atoms with Crippen molar-refractivity contribution in [2.75, 3.05) is 13.1 Å². The smallest absolute Gasteiger partial charge is 0.295 e. The van der Waals surface area contributed by atoms with Crippen LogP contribution in [0.15, 0.2) is 66.4 Å². The van der Waals surface area contributed by atoms with Gasteiger partial charge >= 0.3 is 0 Å². The fourth-order valence-electron chi connectivity index (χ4n) is 4.01. The van der Waals surface area contributed by atoms with Gasteiger partial charge in [-0.15, -0.1) is 0 Å². The van der Waals surface area contributed by atoms with Gasteiger partial charge in [0, 0.05) is 30.2 Å². The standard InChI is InChI=1S/C24H21N3O2/c1-16-15-27(13-12-18(16)22(25-2)17-8-4-3-5-9-17)24(29)23(28)20-14-26-21-11-7-6-10-19(20)21/h3-11,14,16,26H,12-13,15H2,1H3/b22-18-. The van der Waals surface area contributed by atoms with Crippen LogP contribution >= 0.6 is 0 Å². The van der Waals surface area contributed by atoms with Crippen LogP contribution < -0.4 is 0 Å². The van der Waals surface area contributed by atoms with E-state index >= 15 is 0 Å². The van der Waals surface area contributed by atoms with Crippen molar-refractivity contribution in [2.45, 2.75) is 13.3 Å². The first-order chi connectivity index (χ1) is 14.1. The number of benzene rings is 2. The molecule has 1 aliphatic rings. The number of H-pyrrole nitrogens is 1. The van der Waals surface area contributed by atoms with Gasteiger partial charge in [-0.3, -0.25) is 9.59 Å². The summed E-state index contributed by atoms with van der Waals surface area (Å²) in [6.07, 6.45) is 2.21. The lowest BCUT2D eigenvalue weighted by Crippen LogP contribution is -2.43. The molecule has 1 amide bonds. The molecule has 3 aromatic rings. The third-order valence-electron chi connectivity index (χ3n) is 5.52. The van der Waals surface area contributed by atoms with E-state index in [1.165, 1.54) is 0 Å². The molecule has 1 unspecified atom stereocenters. The number of hydrogen-bond acceptors (Lipinski definition) is 2. The molecular formula is C24H21N3O2. The van der Waals surface area contributed by atoms with E-state index in [2.05, 4.69) is 9.83 Å². The van der Waals surface area contributed by atoms with E-state index in [4.69, 9.17) is 6.57 Å². The topological polar surface area (TPSA) is 57.5 Å². The van der Waals surface area contributed by atoms with E-state index in [-0.39, 0.29) is 5.92 Å². The third-order valence-corrected chi connectivity index (χ3v) is 5.52. The van der Waals surface area contributed by atoms with Crippen molar-refractivity contribution >= 4 is 28.3 Å². The van der Waals surface area contributed by atoms with E-state index in [9.17, 15) is 9.59 Å². The van der Waals surface area contributed by atoms with Gasteiger partial charge in [0.1, 0.15) is 0 Å². The normalized spacial score (nSPS) is 18.3. The first-order valence-corrected chi connectivity index (χ1v) is 9.65. The zero-order chi connectivity index (χ0) is 20.4. The zero-order valence-electron chi connectivity index (χ0n) is 16.2. The van der Waals surface area contributed by atoms with Crippen molar-refractivity contribution in [1.82, 2.24) is 9.88 Å². The predicted molar refractivity (Wildman–Crippen MR) is 113 cm³/mol. The maximum atomic E-state index is 12.9. The lowest BCUT2D eigenvalue weighted by Gasteiger charge is -2.33. The highest BCUT2D eigenvalue weighted by Crippen LogP contribution is 2.32. The fraction of sp³-hybridized carbons (Fsp3) is 0.208. The Hall–Kier alpha value is -3.65. The Labute approximate surface area is 169 Å². The van der Waals surface area contributed by atoms with E-state index in [1.807, 2.05) is 61.5 Å². The number of piperidine rings is 1. The fourth-order valence-corrected chi connectivity index (χ4v) is 4.01. The largest absolute Gasteiger partial charge is 0.360 e. The van der Waals surface area contributed by atoms with Crippen LogP contribution in [0, 0.1) is 12.5 Å². The van der Waals surface area contributed by atoms with Crippen molar-refractivity contribution in [3.63, 3.8) is 0 Å². The van der Waals surface area contributed by atoms with Crippen LogP contribution in [0.1, 0.15) is 29.3 Å². The minimum Gasteiger partial charge on any atom is -0.360 e. The third kappa shape index (κ3) is 3.45. The van der Waals surface area contributed by atoms with Crippen molar-refractivity contribution in [2.24, 2.45) is 5.92 Å². The van der Waals surface area contributed by atoms with Crippen LogP contribution in [0.4, 0.5) is 0 Å². The highest BCUT2D eigenvalue weighted by Gasteiger charge is 2.31. The number of nitrogens with one attached hydrogen (secondary N) is 1. The number of nitrogens with zero attached hydrogens (tertiary/aromatic N) is 2. The molecule has 4 rings (SSSR count). The minimum atomic E-state index is -0.490. The Morgan fingerprint density at radius 2 is 1.83 bits per heavy atom. The molecule has 5 nitrogen and oxygen atoms in total. The lowest BCUT2D eigenvalue weighted by molar-refractivity contribution is -0.127. The van der Waals surface area contributed by atoms with E-state index in [1.54, 1.807) is 11.1 Å². The number of hydrogen-bond donors (Lipinski definition) is 1. The van der Waals surface area contributed by atoms with E-state index < -0.39 is 11.7 Å². The van der Waals surface area contributed by atoms with Gasteiger partial charge in [0.05, 0.1) is 12.1 Å². The van der Waals surface area contributed by atoms with Crippen LogP contribution in [0.3, 0.4) is 0 Å². The number of aromatic nitrogens is 1. The number of ketones is 1. The van der Waals surface area contributed by atoms with Crippen LogP contribution in [0.2, 0.25) is 0 Å². The number of carbonyl (C=O) groups excluding carboxylic acids is 2. The average molecular weight is 383 g/mol. The van der Waals surface area contributed by atoms with Gasteiger partial charge in [0.15, 0.2) is 5.70 Å². The van der Waals surface area contributed by atoms with Crippen molar-refractivity contribution in [1.29, 1.82) is 0 Å². The number of carbonyl (C=O) groups is 2. The second-order valence-electron chi connectivity index (χ2n) is 7.33. The number of rotatable bonds is 3. The summed E-state index contributed by atoms with van der Waals surface area (Å²) in [6.45, 7) is 10.5. The number of aromatic amines is 1. The molecular weight excluding hydrogens is 362 g/mol. The Bertz CT molecular complexity index is 1150. The van der Waals surface area contributed by atoms with Gasteiger partial charge < -0.3 is 9.88 Å². The molecule has 2 heterocycles. The Kier molecular flexibility index (Phi) is 5.01. The molecule has 1 saturated heterocycles. The summed E-state index contributed by atoms with van der Waals surface area (Å²) < 4.78 is 0. The van der Waals surface area contributed by atoms with E-state index in [0.29, 0.717) is 30.8 Å². The summed E-state index contributed by atoms with van der Waals surface area (Å²) in [4.78, 5) is 34.2. The maximum Gasteiger partial charge on any atom is 0.295 e. The molecule has 0 saturated carbocycles. The molecule has 0 radical (unpaired) electrons. The quantitative estimate of drug-likeness (QED) is 0.410. The molecule has 29 heavy (non-hydrogen) atoms. The molecule has 1 aliphatic heterocycles. The predicted octanol–water partition coefficient (Wildman–Crippen LogP) is 4.55. The van der Waals surface area contributed by atoms with Gasteiger partial charge in [0.25, 0.3) is 11.7 Å². The summed E-state index contributed by atoms with van der Waals surface area (Å²) in [6, 6.07) is 17.1. The van der Waals surface area contributed by atoms with Crippen LogP contribution in [-0.4, -0.2) is 34.7 Å². The molecule has 0 bridgehead atoms.